The molecule has 0 amide bonds. The number of thioether (sulfide) groups is 2. The van der Waals surface area contributed by atoms with Gasteiger partial charge in [-0.15, -0.1) is 0 Å². The number of nitrogens with zero attached hydrogens (tertiary/aromatic N) is 2. The highest BCUT2D eigenvalue weighted by Crippen LogP contribution is 2.53. The first-order valence-corrected chi connectivity index (χ1v) is 18.8. The number of hydrogen-bond acceptors (Lipinski definition) is 8. The summed E-state index contributed by atoms with van der Waals surface area (Å²) in [4.78, 5) is 33.6. The number of ketones is 2. The number of rotatable bonds is 9. The van der Waals surface area contributed by atoms with Gasteiger partial charge in [0.15, 0.2) is 0 Å². The lowest BCUT2D eigenvalue weighted by Crippen LogP contribution is -2.28. The van der Waals surface area contributed by atoms with Crippen molar-refractivity contribution in [2.24, 2.45) is 0 Å². The molecule has 6 nitrogen and oxygen atoms in total. The molecule has 4 aliphatic rings. The molecule has 0 unspecified atom stereocenters. The Morgan fingerprint density at radius 2 is 0.860 bits per heavy atom. The smallest absolute Gasteiger partial charge is 0.203 e. The molecule has 2 aliphatic heterocycles. The van der Waals surface area contributed by atoms with Crippen molar-refractivity contribution in [2.75, 3.05) is 22.9 Å². The van der Waals surface area contributed by atoms with E-state index in [9.17, 15) is 19.8 Å². The van der Waals surface area contributed by atoms with Gasteiger partial charge in [0.2, 0.25) is 11.6 Å². The first-order valence-electron chi connectivity index (χ1n) is 17.2. The Morgan fingerprint density at radius 3 is 1.22 bits per heavy atom. The first kappa shape index (κ1) is 32.3. The minimum absolute atomic E-state index is 0.0462. The summed E-state index contributed by atoms with van der Waals surface area (Å²) < 4.78 is 0. The topological polar surface area (TPSA) is 81.1 Å². The number of fused-ring (bicyclic) bond motifs is 2. The normalized spacial score (nSPS) is 19.6. The third-order valence-electron chi connectivity index (χ3n) is 9.65. The Morgan fingerprint density at radius 1 is 0.500 bits per heavy atom. The Hall–Kier alpha value is -4.92. The molecule has 0 saturated heterocycles. The van der Waals surface area contributed by atoms with Crippen molar-refractivity contribution >= 4 is 57.6 Å². The molecule has 0 aromatic heterocycles. The van der Waals surface area contributed by atoms with Gasteiger partial charge >= 0.3 is 0 Å². The molecule has 8 rings (SSSR count). The number of anilines is 2. The second-order valence-corrected chi connectivity index (χ2v) is 14.8. The van der Waals surface area contributed by atoms with Crippen molar-refractivity contribution in [3.63, 3.8) is 0 Å². The van der Waals surface area contributed by atoms with Crippen LogP contribution in [-0.4, -0.2) is 34.9 Å². The van der Waals surface area contributed by atoms with Crippen LogP contribution in [0.15, 0.2) is 140 Å². The second kappa shape index (κ2) is 13.1. The van der Waals surface area contributed by atoms with Crippen LogP contribution in [0.25, 0.3) is 22.3 Å². The zero-order valence-corrected chi connectivity index (χ0v) is 29.5. The van der Waals surface area contributed by atoms with Crippen LogP contribution in [-0.2, 0) is 9.59 Å². The molecule has 0 atom stereocenters. The van der Waals surface area contributed by atoms with E-state index in [0.717, 1.165) is 81.1 Å². The number of aliphatic hydroxyl groups is 2. The van der Waals surface area contributed by atoms with Gasteiger partial charge in [-0.2, -0.15) is 0 Å². The van der Waals surface area contributed by atoms with Crippen LogP contribution in [0, 0.1) is 0 Å². The fourth-order valence-electron chi connectivity index (χ4n) is 6.91. The van der Waals surface area contributed by atoms with Crippen molar-refractivity contribution in [3.8, 4) is 11.1 Å². The van der Waals surface area contributed by atoms with Crippen LogP contribution >= 0.6 is 23.5 Å². The van der Waals surface area contributed by atoms with Crippen molar-refractivity contribution in [1.82, 2.24) is 0 Å². The Labute approximate surface area is 300 Å². The van der Waals surface area contributed by atoms with Gasteiger partial charge in [0.25, 0.3) is 0 Å². The van der Waals surface area contributed by atoms with Crippen molar-refractivity contribution in [2.45, 2.75) is 49.3 Å². The number of para-hydroxylation sites is 2. The van der Waals surface area contributed by atoms with Gasteiger partial charge in [-0.05, 0) is 59.4 Å². The molecule has 4 aromatic carbocycles. The molecular weight excluding hydrogens is 661 g/mol. The van der Waals surface area contributed by atoms with E-state index in [1.165, 1.54) is 0 Å². The highest BCUT2D eigenvalue weighted by atomic mass is 32.2. The summed E-state index contributed by atoms with van der Waals surface area (Å²) in [7, 11) is 0. The molecule has 0 bridgehead atoms. The van der Waals surface area contributed by atoms with E-state index in [-0.39, 0.29) is 23.1 Å². The second-order valence-electron chi connectivity index (χ2n) is 12.8. The predicted molar refractivity (Wildman–Crippen MR) is 204 cm³/mol. The SMILES string of the molecule is CCCCN1C(=C2C(=O)C(c3ccc(-c4ccc(C5=C(O)C(=C6Sc7ccccc7N6CCCC)C5=O)cc4)cc3)=C2O)Sc2ccccc21. The van der Waals surface area contributed by atoms with Gasteiger partial charge in [-0.25, -0.2) is 0 Å². The molecule has 8 heteroatoms. The van der Waals surface area contributed by atoms with Crippen LogP contribution in [0.2, 0.25) is 0 Å². The predicted octanol–water partition coefficient (Wildman–Crippen LogP) is 10.3. The van der Waals surface area contributed by atoms with Crippen LogP contribution < -0.4 is 9.80 Å². The van der Waals surface area contributed by atoms with E-state index in [0.29, 0.717) is 33.4 Å². The minimum Gasteiger partial charge on any atom is -0.506 e. The fraction of sp³-hybridized carbons (Fsp3) is 0.190. The molecule has 0 saturated carbocycles. The largest absolute Gasteiger partial charge is 0.506 e. The Bertz CT molecular complexity index is 2040. The molecule has 0 radical (unpaired) electrons. The summed E-state index contributed by atoms with van der Waals surface area (Å²) in [6.07, 6.45) is 4.04. The van der Waals surface area contributed by atoms with E-state index in [2.05, 4.69) is 47.9 Å². The monoisotopic (exact) mass is 696 g/mol. The summed E-state index contributed by atoms with van der Waals surface area (Å²) >= 11 is 3.09. The van der Waals surface area contributed by atoms with Crippen LogP contribution in [0.4, 0.5) is 11.4 Å². The summed E-state index contributed by atoms with van der Waals surface area (Å²) in [5.74, 6) is -0.190. The average molecular weight is 697 g/mol. The maximum Gasteiger partial charge on any atom is 0.203 e. The van der Waals surface area contributed by atoms with Crippen LogP contribution in [0.5, 0.6) is 0 Å². The maximum absolute atomic E-state index is 13.5. The number of unbranched alkanes of at least 4 members (excludes halogenated alkanes) is 2. The summed E-state index contributed by atoms with van der Waals surface area (Å²) in [5, 5.41) is 24.0. The van der Waals surface area contributed by atoms with Gasteiger partial charge in [0, 0.05) is 22.9 Å². The van der Waals surface area contributed by atoms with Crippen molar-refractivity contribution < 1.29 is 19.8 Å². The zero-order chi connectivity index (χ0) is 34.5. The maximum atomic E-state index is 13.5. The van der Waals surface area contributed by atoms with Gasteiger partial charge in [-0.3, -0.25) is 9.59 Å². The zero-order valence-electron chi connectivity index (χ0n) is 27.9. The minimum atomic E-state index is -0.141. The lowest BCUT2D eigenvalue weighted by atomic mass is 9.82. The molecule has 2 aliphatic carbocycles. The van der Waals surface area contributed by atoms with Gasteiger partial charge in [-0.1, -0.05) is 123 Å². The third kappa shape index (κ3) is 5.20. The molecule has 2 N–H and O–H groups in total. The number of carbonyl (C=O) groups excluding carboxylic acids is 2. The van der Waals surface area contributed by atoms with Gasteiger partial charge in [0.05, 0.1) is 43.7 Å². The van der Waals surface area contributed by atoms with E-state index in [1.54, 1.807) is 23.5 Å². The molecule has 2 heterocycles. The highest BCUT2D eigenvalue weighted by molar-refractivity contribution is 8.04. The van der Waals surface area contributed by atoms with E-state index in [1.807, 2.05) is 72.8 Å². The number of hydrogen-bond donors (Lipinski definition) is 2. The number of Topliss-reactive ketones (excluding diaryl/α,β-unsaturated/α-hetero) is 2. The van der Waals surface area contributed by atoms with Crippen molar-refractivity contribution in [3.05, 3.63) is 141 Å². The molecule has 4 aromatic rings. The van der Waals surface area contributed by atoms with E-state index < -0.39 is 0 Å². The molecule has 250 valence electrons. The standard InChI is InChI=1S/C42H36N2O4S2/c1-3-5-23-43-29-11-7-9-13-31(29)49-41(43)35-37(45)33(38(35)46)27-19-15-25(16-20-27)26-17-21-28(22-18-26)34-39(47)36(40(34)48)42-44(24-6-4-2)30-12-8-10-14-32(30)50-42/h7-22,45,47H,3-6,23-24H2,1-2H3. The highest BCUT2D eigenvalue weighted by Gasteiger charge is 2.42. The third-order valence-corrected chi connectivity index (χ3v) is 12.0. The number of carbonyl (C=O) groups is 2. The number of allylic oxidation sites excluding steroid dienone is 4. The molecule has 0 spiro atoms. The average Bonchev–Trinajstić information content (AvgIpc) is 3.67. The lowest BCUT2D eigenvalue weighted by molar-refractivity contribution is -0.112. The van der Waals surface area contributed by atoms with Gasteiger partial charge in [0.1, 0.15) is 11.5 Å². The van der Waals surface area contributed by atoms with Crippen molar-refractivity contribution in [1.29, 1.82) is 0 Å². The van der Waals surface area contributed by atoms with E-state index >= 15 is 0 Å². The summed E-state index contributed by atoms with van der Waals surface area (Å²) in [6.45, 7) is 5.87. The lowest BCUT2D eigenvalue weighted by Gasteiger charge is -2.28. The van der Waals surface area contributed by atoms with Crippen LogP contribution in [0.3, 0.4) is 0 Å². The van der Waals surface area contributed by atoms with E-state index in [4.69, 9.17) is 0 Å². The fourth-order valence-corrected chi connectivity index (χ4v) is 9.37. The first-order chi connectivity index (χ1) is 24.4. The van der Waals surface area contributed by atoms with Gasteiger partial charge < -0.3 is 20.0 Å². The summed E-state index contributed by atoms with van der Waals surface area (Å²) in [5.41, 5.74) is 6.85. The Balaban J connectivity index is 1.02. The Kier molecular flexibility index (Phi) is 8.45. The molecular formula is C42H36N2O4S2. The molecule has 50 heavy (non-hydrogen) atoms. The van der Waals surface area contributed by atoms with Crippen LogP contribution in [0.1, 0.15) is 50.7 Å². The summed E-state index contributed by atoms with van der Waals surface area (Å²) in [6, 6.07) is 31.4. The molecule has 0 fully saturated rings. The number of benzene rings is 4. The quantitative estimate of drug-likeness (QED) is 0.167. The number of aliphatic hydroxyl groups excluding tert-OH is 2.